The summed E-state index contributed by atoms with van der Waals surface area (Å²) in [5.74, 6) is 0.374. The molecule has 0 saturated heterocycles. The molecule has 1 heterocycles. The van der Waals surface area contributed by atoms with Gasteiger partial charge in [-0.25, -0.2) is 0 Å². The molecule has 0 N–H and O–H groups in total. The van der Waals surface area contributed by atoms with E-state index in [4.69, 9.17) is 4.74 Å². The Balaban J connectivity index is 2.48. The highest BCUT2D eigenvalue weighted by atomic mass is 32.1. The van der Waals surface area contributed by atoms with Crippen LogP contribution in [0.5, 0.6) is 0 Å². The van der Waals surface area contributed by atoms with Crippen LogP contribution in [0, 0.1) is 0 Å². The molecule has 0 aliphatic carbocycles. The van der Waals surface area contributed by atoms with Gasteiger partial charge in [0.2, 0.25) is 5.91 Å². The Hall–Kier alpha value is -1.17. The highest BCUT2D eigenvalue weighted by Crippen LogP contribution is 2.11. The number of rotatable bonds is 3. The molecule has 1 aliphatic heterocycles. The normalized spacial score (nSPS) is 20.3. The van der Waals surface area contributed by atoms with Gasteiger partial charge < -0.3 is 14.7 Å². The maximum atomic E-state index is 11.8. The summed E-state index contributed by atoms with van der Waals surface area (Å²) in [6, 6.07) is -0.00494. The molecule has 18 heavy (non-hydrogen) atoms. The third-order valence-corrected chi connectivity index (χ3v) is 2.68. The van der Waals surface area contributed by atoms with Gasteiger partial charge >= 0.3 is 0 Å². The van der Waals surface area contributed by atoms with E-state index >= 15 is 0 Å². The number of carbonyl (C=O) groups is 1. The molecule has 0 bridgehead atoms. The van der Waals surface area contributed by atoms with Crippen LogP contribution in [-0.2, 0) is 9.53 Å². The minimum atomic E-state index is -0.703. The van der Waals surface area contributed by atoms with Crippen molar-refractivity contribution in [2.45, 2.75) is 32.4 Å². The van der Waals surface area contributed by atoms with Gasteiger partial charge in [-0.2, -0.15) is 12.6 Å². The molecule has 0 saturated carbocycles. The molecule has 0 aromatic rings. The van der Waals surface area contributed by atoms with Crippen molar-refractivity contribution in [3.8, 4) is 0 Å². The molecule has 1 atom stereocenters. The van der Waals surface area contributed by atoms with Crippen molar-refractivity contribution in [1.29, 1.82) is 0 Å². The second-order valence-corrected chi connectivity index (χ2v) is 5.39. The number of ether oxygens (including phenoxy) is 1. The van der Waals surface area contributed by atoms with Crippen LogP contribution < -0.4 is 5.11 Å². The molecular formula is C12H19N2O3S-. The Morgan fingerprint density at radius 2 is 2.28 bits per heavy atom. The first kappa shape index (κ1) is 14.9. The van der Waals surface area contributed by atoms with Gasteiger partial charge in [-0.15, -0.1) is 0 Å². The second kappa shape index (κ2) is 6.13. The zero-order valence-corrected chi connectivity index (χ0v) is 11.8. The summed E-state index contributed by atoms with van der Waals surface area (Å²) >= 11 is 4.17. The summed E-state index contributed by atoms with van der Waals surface area (Å²) in [6.07, 6.45) is 3.13. The molecule has 5 nitrogen and oxygen atoms in total. The lowest BCUT2D eigenvalue weighted by Gasteiger charge is -2.29. The largest absolute Gasteiger partial charge is 0.595 e. The molecule has 0 radical (unpaired) electrons. The molecular weight excluding hydrogens is 252 g/mol. The summed E-state index contributed by atoms with van der Waals surface area (Å²) in [4.78, 5) is 17.1. The van der Waals surface area contributed by atoms with Crippen molar-refractivity contribution in [1.82, 2.24) is 4.90 Å². The molecule has 102 valence electrons. The van der Waals surface area contributed by atoms with E-state index in [0.29, 0.717) is 12.3 Å². The Labute approximate surface area is 113 Å². The number of aliphatic imine (C=N–C) groups is 1. The highest BCUT2D eigenvalue weighted by molar-refractivity contribution is 7.80. The predicted molar refractivity (Wildman–Crippen MR) is 71.6 cm³/mol. The second-order valence-electron chi connectivity index (χ2n) is 5.02. The smallest absolute Gasteiger partial charge is 0.245 e. The van der Waals surface area contributed by atoms with Gasteiger partial charge in [-0.1, -0.05) is 32.9 Å². The van der Waals surface area contributed by atoms with E-state index in [0.717, 1.165) is 0 Å². The van der Waals surface area contributed by atoms with Crippen molar-refractivity contribution in [3.05, 3.63) is 12.2 Å². The lowest BCUT2D eigenvalue weighted by molar-refractivity contribution is -0.260. The fourth-order valence-electron chi connectivity index (χ4n) is 1.53. The van der Waals surface area contributed by atoms with Gasteiger partial charge in [0.05, 0.1) is 6.04 Å². The highest BCUT2D eigenvalue weighted by Gasteiger charge is 2.22. The number of hydrogen-bond acceptors (Lipinski definition) is 5. The first-order chi connectivity index (χ1) is 8.33. The van der Waals surface area contributed by atoms with Gasteiger partial charge in [0, 0.05) is 17.9 Å². The topological polar surface area (TPSA) is 65.0 Å². The van der Waals surface area contributed by atoms with Crippen LogP contribution >= 0.6 is 12.6 Å². The maximum Gasteiger partial charge on any atom is 0.245 e. The predicted octanol–water partition coefficient (Wildman–Crippen LogP) is 0.215. The van der Waals surface area contributed by atoms with Crippen molar-refractivity contribution in [2.24, 2.45) is 4.99 Å². The fourth-order valence-corrected chi connectivity index (χ4v) is 1.85. The number of carbonyl (C=O) groups excluding carboxylic acids is 1. The van der Waals surface area contributed by atoms with Crippen molar-refractivity contribution >= 4 is 24.6 Å². The molecule has 0 aromatic heterocycles. The zero-order chi connectivity index (χ0) is 13.8. The van der Waals surface area contributed by atoms with Crippen LogP contribution in [-0.4, -0.2) is 47.4 Å². The van der Waals surface area contributed by atoms with Gasteiger partial charge in [-0.3, -0.25) is 9.79 Å². The van der Waals surface area contributed by atoms with Gasteiger partial charge in [0.15, 0.2) is 0 Å². The van der Waals surface area contributed by atoms with E-state index in [1.54, 1.807) is 25.7 Å². The van der Waals surface area contributed by atoms with E-state index in [2.05, 4.69) is 17.6 Å². The molecule has 1 unspecified atom stereocenters. The van der Waals surface area contributed by atoms with Crippen LogP contribution in [0.15, 0.2) is 17.1 Å². The molecule has 0 spiro atoms. The zero-order valence-electron chi connectivity index (χ0n) is 10.9. The molecule has 6 heteroatoms. The van der Waals surface area contributed by atoms with E-state index in [1.807, 2.05) is 12.2 Å². The van der Waals surface area contributed by atoms with Crippen molar-refractivity contribution in [3.63, 3.8) is 0 Å². The quantitative estimate of drug-likeness (QED) is 0.345. The molecule has 1 rings (SSSR count). The first-order valence-corrected chi connectivity index (χ1v) is 6.44. The fraction of sp³-hybridized carbons (Fsp3) is 0.667. The van der Waals surface area contributed by atoms with E-state index in [9.17, 15) is 9.90 Å². The number of nitrogens with zero attached hydrogens (tertiary/aromatic N) is 2. The first-order valence-electron chi connectivity index (χ1n) is 5.81. The summed E-state index contributed by atoms with van der Waals surface area (Å²) < 4.78 is 5.00. The average Bonchev–Trinajstić information content (AvgIpc) is 2.71. The summed E-state index contributed by atoms with van der Waals surface area (Å²) in [5, 5.41) is 11.3. The minimum absolute atomic E-state index is 0.00494. The summed E-state index contributed by atoms with van der Waals surface area (Å²) in [5.41, 5.74) is -0.591. The molecule has 0 aromatic carbocycles. The third kappa shape index (κ3) is 4.60. The van der Waals surface area contributed by atoms with Crippen molar-refractivity contribution in [2.75, 3.05) is 18.8 Å². The molecule has 1 amide bonds. The average molecular weight is 271 g/mol. The lowest BCUT2D eigenvalue weighted by Crippen LogP contribution is -2.39. The SMILES string of the molecule is CC(C)(C)OC([O-])=NCC(=O)N1CC=CC1CS. The van der Waals surface area contributed by atoms with Crippen LogP contribution in [0.4, 0.5) is 0 Å². The van der Waals surface area contributed by atoms with Crippen LogP contribution in [0.2, 0.25) is 0 Å². The minimum Gasteiger partial charge on any atom is -0.595 e. The Bertz CT molecular complexity index is 361. The Morgan fingerprint density at radius 1 is 1.61 bits per heavy atom. The van der Waals surface area contributed by atoms with Crippen molar-refractivity contribution < 1.29 is 14.6 Å². The number of thiol groups is 1. The standard InChI is InChI=1S/C12H20N2O3S/c1-12(2,3)17-11(16)13-7-10(15)14-6-4-5-9(14)8-18/h4-5,9,18H,6-8H2,1-3H3,(H,13,16)/p-1. The van der Waals surface area contributed by atoms with E-state index < -0.39 is 11.7 Å². The Kier molecular flexibility index (Phi) is 5.07. The van der Waals surface area contributed by atoms with Gasteiger partial charge in [0.1, 0.15) is 12.6 Å². The van der Waals surface area contributed by atoms with Crippen LogP contribution in [0.3, 0.4) is 0 Å². The van der Waals surface area contributed by atoms with Crippen LogP contribution in [0.25, 0.3) is 0 Å². The number of amides is 1. The van der Waals surface area contributed by atoms with Crippen LogP contribution in [0.1, 0.15) is 20.8 Å². The third-order valence-electron chi connectivity index (χ3n) is 2.30. The maximum absolute atomic E-state index is 11.8. The Morgan fingerprint density at radius 3 is 2.83 bits per heavy atom. The van der Waals surface area contributed by atoms with E-state index in [1.165, 1.54) is 0 Å². The molecule has 0 fully saturated rings. The summed E-state index contributed by atoms with van der Waals surface area (Å²) in [6.45, 7) is 5.63. The summed E-state index contributed by atoms with van der Waals surface area (Å²) in [7, 11) is 0. The van der Waals surface area contributed by atoms with Gasteiger partial charge in [-0.05, 0) is 0 Å². The monoisotopic (exact) mass is 271 g/mol. The van der Waals surface area contributed by atoms with E-state index in [-0.39, 0.29) is 18.5 Å². The number of hydrogen-bond donors (Lipinski definition) is 1. The lowest BCUT2D eigenvalue weighted by atomic mass is 10.2. The molecule has 1 aliphatic rings. The van der Waals surface area contributed by atoms with Gasteiger partial charge in [0.25, 0.3) is 0 Å².